The van der Waals surface area contributed by atoms with E-state index in [-0.39, 0.29) is 11.9 Å². The van der Waals surface area contributed by atoms with E-state index < -0.39 is 0 Å². The van der Waals surface area contributed by atoms with Crippen molar-refractivity contribution in [2.24, 2.45) is 0 Å². The van der Waals surface area contributed by atoms with Crippen LogP contribution in [0.4, 0.5) is 0 Å². The van der Waals surface area contributed by atoms with Crippen LogP contribution in [0.15, 0.2) is 24.3 Å². The van der Waals surface area contributed by atoms with Gasteiger partial charge in [0.25, 0.3) is 0 Å². The number of likely N-dealkylation sites (tertiary alicyclic amines) is 1. The van der Waals surface area contributed by atoms with Crippen LogP contribution in [-0.4, -0.2) is 42.1 Å². The number of aromatic nitrogens is 5. The summed E-state index contributed by atoms with van der Waals surface area (Å²) in [5.74, 6) is 3.20. The first-order chi connectivity index (χ1) is 12.7. The third kappa shape index (κ3) is 2.58. The zero-order valence-corrected chi connectivity index (χ0v) is 14.9. The van der Waals surface area contributed by atoms with Gasteiger partial charge in [0.15, 0.2) is 5.82 Å². The van der Waals surface area contributed by atoms with E-state index in [1.807, 2.05) is 30.0 Å². The lowest BCUT2D eigenvalue weighted by molar-refractivity contribution is -0.132. The van der Waals surface area contributed by atoms with Gasteiger partial charge in [-0.25, -0.2) is 9.97 Å². The standard InChI is InChI=1S/C19H22N6O/c1-12-20-18(23-22-12)16-7-4-10-24(16)17(26)11-25-15-6-3-2-5-14(15)21-19(25)13-8-9-13/h2-3,5-6,13,16H,4,7-11H2,1H3,(H,20,22,23). The molecule has 2 aromatic heterocycles. The Morgan fingerprint density at radius 3 is 2.85 bits per heavy atom. The highest BCUT2D eigenvalue weighted by Gasteiger charge is 2.35. The topological polar surface area (TPSA) is 79.7 Å². The molecule has 1 amide bonds. The lowest BCUT2D eigenvalue weighted by Crippen LogP contribution is -2.34. The fourth-order valence-corrected chi connectivity index (χ4v) is 3.98. The number of carbonyl (C=O) groups excluding carboxylic acids is 1. The first-order valence-corrected chi connectivity index (χ1v) is 9.34. The Balaban J connectivity index is 1.45. The van der Waals surface area contributed by atoms with Crippen molar-refractivity contribution in [3.8, 4) is 0 Å². The minimum Gasteiger partial charge on any atom is -0.331 e. The summed E-state index contributed by atoms with van der Waals surface area (Å²) < 4.78 is 2.12. The van der Waals surface area contributed by atoms with Crippen molar-refractivity contribution in [1.82, 2.24) is 29.6 Å². The summed E-state index contributed by atoms with van der Waals surface area (Å²) in [5.41, 5.74) is 2.03. The highest BCUT2D eigenvalue weighted by Crippen LogP contribution is 2.41. The van der Waals surface area contributed by atoms with Gasteiger partial charge in [0.2, 0.25) is 5.91 Å². The number of benzene rings is 1. The molecule has 1 aliphatic heterocycles. The van der Waals surface area contributed by atoms with Crippen LogP contribution in [0.3, 0.4) is 0 Å². The van der Waals surface area contributed by atoms with Crippen molar-refractivity contribution >= 4 is 16.9 Å². The number of carbonyl (C=O) groups is 1. The van der Waals surface area contributed by atoms with Crippen molar-refractivity contribution in [3.63, 3.8) is 0 Å². The molecule has 1 N–H and O–H groups in total. The fraction of sp³-hybridized carbons (Fsp3) is 0.474. The van der Waals surface area contributed by atoms with E-state index in [0.717, 1.165) is 47.9 Å². The number of para-hydroxylation sites is 2. The SMILES string of the molecule is Cc1nc(C2CCCN2C(=O)Cn2c(C3CC3)nc3ccccc32)n[nH]1. The van der Waals surface area contributed by atoms with Crippen LogP contribution < -0.4 is 0 Å². The monoisotopic (exact) mass is 350 g/mol. The Hall–Kier alpha value is -2.70. The van der Waals surface area contributed by atoms with Crippen LogP contribution >= 0.6 is 0 Å². The molecule has 0 bridgehead atoms. The molecule has 2 aliphatic rings. The molecule has 3 heterocycles. The molecule has 1 atom stereocenters. The van der Waals surface area contributed by atoms with E-state index in [9.17, 15) is 4.79 Å². The Labute approximate surface area is 151 Å². The number of aryl methyl sites for hydroxylation is 1. The molecule has 0 spiro atoms. The molecular formula is C19H22N6O. The summed E-state index contributed by atoms with van der Waals surface area (Å²) in [4.78, 5) is 24.3. The number of nitrogens with one attached hydrogen (secondary N) is 1. The molecule has 0 radical (unpaired) electrons. The fourth-order valence-electron chi connectivity index (χ4n) is 3.98. The third-order valence-corrected chi connectivity index (χ3v) is 5.41. The van der Waals surface area contributed by atoms with Gasteiger partial charge in [0, 0.05) is 12.5 Å². The highest BCUT2D eigenvalue weighted by molar-refractivity contribution is 5.81. The molecule has 26 heavy (non-hydrogen) atoms. The van der Waals surface area contributed by atoms with Crippen LogP contribution in [0.5, 0.6) is 0 Å². The van der Waals surface area contributed by atoms with Crippen molar-refractivity contribution in [1.29, 1.82) is 0 Å². The molecule has 2 fully saturated rings. The minimum atomic E-state index is -0.0217. The van der Waals surface area contributed by atoms with Gasteiger partial charge in [-0.3, -0.25) is 9.89 Å². The summed E-state index contributed by atoms with van der Waals surface area (Å²) >= 11 is 0. The second kappa shape index (κ2) is 5.93. The van der Waals surface area contributed by atoms with Gasteiger partial charge in [0.05, 0.1) is 17.1 Å². The number of H-pyrrole nitrogens is 1. The van der Waals surface area contributed by atoms with Gasteiger partial charge >= 0.3 is 0 Å². The number of hydrogen-bond donors (Lipinski definition) is 1. The smallest absolute Gasteiger partial charge is 0.243 e. The number of nitrogens with zero attached hydrogens (tertiary/aromatic N) is 5. The van der Waals surface area contributed by atoms with Gasteiger partial charge in [-0.15, -0.1) is 0 Å². The third-order valence-electron chi connectivity index (χ3n) is 5.41. The van der Waals surface area contributed by atoms with Crippen molar-refractivity contribution in [2.45, 2.75) is 51.1 Å². The minimum absolute atomic E-state index is 0.0217. The summed E-state index contributed by atoms with van der Waals surface area (Å²) in [6.07, 6.45) is 4.24. The van der Waals surface area contributed by atoms with Gasteiger partial charge < -0.3 is 9.47 Å². The predicted octanol–water partition coefficient (Wildman–Crippen LogP) is 2.70. The largest absolute Gasteiger partial charge is 0.331 e. The first kappa shape index (κ1) is 15.5. The predicted molar refractivity (Wildman–Crippen MR) is 96.5 cm³/mol. The maximum atomic E-state index is 13.2. The van der Waals surface area contributed by atoms with E-state index in [1.54, 1.807) is 0 Å². The van der Waals surface area contributed by atoms with Crippen molar-refractivity contribution in [2.75, 3.05) is 6.54 Å². The maximum absolute atomic E-state index is 13.2. The normalized spacial score (nSPS) is 20.2. The number of rotatable bonds is 4. The molecule has 1 aromatic carbocycles. The number of hydrogen-bond acceptors (Lipinski definition) is 4. The van der Waals surface area contributed by atoms with E-state index in [1.165, 1.54) is 12.8 Å². The molecular weight excluding hydrogens is 328 g/mol. The molecule has 7 heteroatoms. The maximum Gasteiger partial charge on any atom is 0.243 e. The number of aromatic amines is 1. The number of fused-ring (bicyclic) bond motifs is 1. The summed E-state index contributed by atoms with van der Waals surface area (Å²) in [6.45, 7) is 2.99. The second-order valence-electron chi connectivity index (χ2n) is 7.34. The lowest BCUT2D eigenvalue weighted by atomic mass is 10.2. The molecule has 1 unspecified atom stereocenters. The van der Waals surface area contributed by atoms with Crippen LogP contribution in [0.1, 0.15) is 55.1 Å². The summed E-state index contributed by atoms with van der Waals surface area (Å²) in [6, 6.07) is 8.07. The first-order valence-electron chi connectivity index (χ1n) is 9.34. The summed E-state index contributed by atoms with van der Waals surface area (Å²) in [5, 5.41) is 7.18. The quantitative estimate of drug-likeness (QED) is 0.784. The van der Waals surface area contributed by atoms with Gasteiger partial charge in [0.1, 0.15) is 18.2 Å². The second-order valence-corrected chi connectivity index (χ2v) is 7.34. The lowest BCUT2D eigenvalue weighted by Gasteiger charge is -2.23. The average Bonchev–Trinajstić information content (AvgIpc) is 3.05. The van der Waals surface area contributed by atoms with Crippen molar-refractivity contribution < 1.29 is 4.79 Å². The van der Waals surface area contributed by atoms with Gasteiger partial charge in [-0.05, 0) is 44.7 Å². The Kier molecular flexibility index (Phi) is 3.55. The average molecular weight is 350 g/mol. The molecule has 7 nitrogen and oxygen atoms in total. The summed E-state index contributed by atoms with van der Waals surface area (Å²) in [7, 11) is 0. The van der Waals surface area contributed by atoms with Crippen LogP contribution in [-0.2, 0) is 11.3 Å². The van der Waals surface area contributed by atoms with Crippen molar-refractivity contribution in [3.05, 3.63) is 41.7 Å². The van der Waals surface area contributed by atoms with Gasteiger partial charge in [-0.2, -0.15) is 5.10 Å². The molecule has 3 aromatic rings. The molecule has 1 saturated carbocycles. The molecule has 1 saturated heterocycles. The Bertz CT molecular complexity index is 969. The molecule has 1 aliphatic carbocycles. The zero-order chi connectivity index (χ0) is 17.7. The van der Waals surface area contributed by atoms with E-state index in [0.29, 0.717) is 12.5 Å². The number of amides is 1. The Morgan fingerprint density at radius 1 is 1.23 bits per heavy atom. The van der Waals surface area contributed by atoms with E-state index >= 15 is 0 Å². The zero-order valence-electron chi connectivity index (χ0n) is 14.9. The highest BCUT2D eigenvalue weighted by atomic mass is 16.2. The van der Waals surface area contributed by atoms with E-state index in [4.69, 9.17) is 4.98 Å². The van der Waals surface area contributed by atoms with Crippen LogP contribution in [0.25, 0.3) is 11.0 Å². The molecule has 5 rings (SSSR count). The number of imidazole rings is 1. The van der Waals surface area contributed by atoms with Crippen LogP contribution in [0, 0.1) is 6.92 Å². The van der Waals surface area contributed by atoms with E-state index in [2.05, 4.69) is 25.8 Å². The Morgan fingerprint density at radius 2 is 2.08 bits per heavy atom. The van der Waals surface area contributed by atoms with Gasteiger partial charge in [-0.1, -0.05) is 12.1 Å². The van der Waals surface area contributed by atoms with Crippen LogP contribution in [0.2, 0.25) is 0 Å². The molecule has 134 valence electrons.